The topological polar surface area (TPSA) is 96.5 Å². The smallest absolute Gasteiger partial charge is 0.322 e. The Bertz CT molecular complexity index is 1060. The molecular weight excluding hydrogens is 418 g/mol. The van der Waals surface area contributed by atoms with Gasteiger partial charge in [0.15, 0.2) is 0 Å². The fraction of sp³-hybridized carbons (Fsp3) is 0.280. The maximum Gasteiger partial charge on any atom is 0.322 e. The Morgan fingerprint density at radius 1 is 1.09 bits per heavy atom. The van der Waals surface area contributed by atoms with Crippen molar-refractivity contribution in [1.82, 2.24) is 20.2 Å². The minimum Gasteiger partial charge on any atom is -0.376 e. The number of carbonyl (C=O) groups excluding carboxylic acids is 2. The number of amides is 3. The van der Waals surface area contributed by atoms with Gasteiger partial charge in [-0.2, -0.15) is 0 Å². The summed E-state index contributed by atoms with van der Waals surface area (Å²) in [6.45, 7) is 1.97. The first-order chi connectivity index (χ1) is 16.2. The predicted octanol–water partition coefficient (Wildman–Crippen LogP) is 3.62. The van der Waals surface area contributed by atoms with Gasteiger partial charge < -0.3 is 20.3 Å². The van der Waals surface area contributed by atoms with Gasteiger partial charge in [-0.25, -0.2) is 4.79 Å². The van der Waals surface area contributed by atoms with Crippen molar-refractivity contribution in [3.63, 3.8) is 0 Å². The molecule has 0 radical (unpaired) electrons. The van der Waals surface area contributed by atoms with Crippen molar-refractivity contribution in [2.45, 2.75) is 32.0 Å². The van der Waals surface area contributed by atoms with Crippen LogP contribution in [0.15, 0.2) is 73.2 Å². The summed E-state index contributed by atoms with van der Waals surface area (Å²) in [6, 6.07) is 16.0. The lowest BCUT2D eigenvalue weighted by atomic mass is 10.2. The lowest BCUT2D eigenvalue weighted by Crippen LogP contribution is -2.39. The highest BCUT2D eigenvalue weighted by Gasteiger charge is 2.23. The summed E-state index contributed by atoms with van der Waals surface area (Å²) in [5.74, 6) is -0.233. The molecule has 33 heavy (non-hydrogen) atoms. The van der Waals surface area contributed by atoms with Crippen molar-refractivity contribution in [1.29, 1.82) is 0 Å². The fourth-order valence-electron chi connectivity index (χ4n) is 3.68. The zero-order chi connectivity index (χ0) is 22.9. The normalized spacial score (nSPS) is 15.1. The summed E-state index contributed by atoms with van der Waals surface area (Å²) < 4.78 is 5.74. The molecule has 1 atom stereocenters. The Kier molecular flexibility index (Phi) is 7.60. The van der Waals surface area contributed by atoms with Crippen molar-refractivity contribution in [3.8, 4) is 0 Å². The number of urea groups is 1. The molecule has 1 saturated heterocycles. The van der Waals surface area contributed by atoms with Crippen LogP contribution in [0.1, 0.15) is 34.5 Å². The molecule has 0 aliphatic carbocycles. The first-order valence-corrected chi connectivity index (χ1v) is 11.0. The molecule has 4 rings (SSSR count). The van der Waals surface area contributed by atoms with E-state index in [2.05, 4.69) is 20.6 Å². The second-order valence-corrected chi connectivity index (χ2v) is 7.89. The molecule has 2 aromatic heterocycles. The summed E-state index contributed by atoms with van der Waals surface area (Å²) in [5, 5.41) is 5.78. The van der Waals surface area contributed by atoms with Crippen molar-refractivity contribution in [2.24, 2.45) is 0 Å². The van der Waals surface area contributed by atoms with Crippen LogP contribution in [0.2, 0.25) is 0 Å². The highest BCUT2D eigenvalue weighted by molar-refractivity contribution is 5.96. The molecule has 3 aromatic rings. The molecule has 1 aromatic carbocycles. The Labute approximate surface area is 193 Å². The number of ether oxygens (including phenoxy) is 1. The number of nitrogens with one attached hydrogen (secondary N) is 2. The molecule has 3 amide bonds. The number of hydrogen-bond acceptors (Lipinski definition) is 5. The third kappa shape index (κ3) is 6.60. The second kappa shape index (κ2) is 11.2. The monoisotopic (exact) mass is 445 g/mol. The van der Waals surface area contributed by atoms with E-state index in [-0.39, 0.29) is 18.0 Å². The highest BCUT2D eigenvalue weighted by atomic mass is 16.5. The largest absolute Gasteiger partial charge is 0.376 e. The zero-order valence-corrected chi connectivity index (χ0v) is 18.3. The van der Waals surface area contributed by atoms with E-state index in [1.165, 1.54) is 0 Å². The van der Waals surface area contributed by atoms with Crippen LogP contribution >= 0.6 is 0 Å². The first kappa shape index (κ1) is 22.4. The fourth-order valence-corrected chi connectivity index (χ4v) is 3.68. The van der Waals surface area contributed by atoms with E-state index in [9.17, 15) is 9.59 Å². The molecule has 0 bridgehead atoms. The Balaban J connectivity index is 1.40. The number of aromatic nitrogens is 2. The average Bonchev–Trinajstić information content (AvgIpc) is 3.37. The van der Waals surface area contributed by atoms with Crippen molar-refractivity contribution < 1.29 is 14.3 Å². The number of rotatable bonds is 8. The van der Waals surface area contributed by atoms with Crippen molar-refractivity contribution in [2.75, 3.05) is 18.5 Å². The Morgan fingerprint density at radius 2 is 2.03 bits per heavy atom. The molecule has 3 heterocycles. The number of anilines is 1. The molecule has 1 unspecified atom stereocenters. The second-order valence-electron chi connectivity index (χ2n) is 7.89. The molecule has 0 spiro atoms. The van der Waals surface area contributed by atoms with Gasteiger partial charge in [0.2, 0.25) is 0 Å². The van der Waals surface area contributed by atoms with Crippen LogP contribution < -0.4 is 10.6 Å². The summed E-state index contributed by atoms with van der Waals surface area (Å²) in [7, 11) is 0. The summed E-state index contributed by atoms with van der Waals surface area (Å²) in [6.07, 6.45) is 7.11. The van der Waals surface area contributed by atoms with Gasteiger partial charge in [0.25, 0.3) is 5.91 Å². The number of pyridine rings is 2. The maximum absolute atomic E-state index is 13.1. The van der Waals surface area contributed by atoms with Gasteiger partial charge in [-0.3, -0.25) is 14.8 Å². The molecule has 1 aliphatic rings. The van der Waals surface area contributed by atoms with Crippen LogP contribution in [0.5, 0.6) is 0 Å². The van der Waals surface area contributed by atoms with Gasteiger partial charge in [0.1, 0.15) is 0 Å². The molecular formula is C25H27N5O3. The Morgan fingerprint density at radius 3 is 2.79 bits per heavy atom. The molecule has 0 saturated carbocycles. The van der Waals surface area contributed by atoms with E-state index in [4.69, 9.17) is 4.74 Å². The molecule has 1 aliphatic heterocycles. The van der Waals surface area contributed by atoms with Gasteiger partial charge in [-0.05, 0) is 54.8 Å². The lowest BCUT2D eigenvalue weighted by Gasteiger charge is -2.26. The van der Waals surface area contributed by atoms with Crippen LogP contribution in [0.3, 0.4) is 0 Å². The van der Waals surface area contributed by atoms with Gasteiger partial charge in [0, 0.05) is 49.5 Å². The van der Waals surface area contributed by atoms with E-state index < -0.39 is 0 Å². The molecule has 170 valence electrons. The van der Waals surface area contributed by atoms with Crippen LogP contribution in [-0.2, 0) is 17.8 Å². The lowest BCUT2D eigenvalue weighted by molar-refractivity contribution is 0.0819. The molecule has 8 heteroatoms. The summed E-state index contributed by atoms with van der Waals surface area (Å²) in [5.41, 5.74) is 2.72. The van der Waals surface area contributed by atoms with E-state index in [0.29, 0.717) is 30.9 Å². The first-order valence-electron chi connectivity index (χ1n) is 11.0. The van der Waals surface area contributed by atoms with Crippen molar-refractivity contribution >= 4 is 17.6 Å². The summed E-state index contributed by atoms with van der Waals surface area (Å²) in [4.78, 5) is 35.8. The van der Waals surface area contributed by atoms with E-state index >= 15 is 0 Å². The minimum absolute atomic E-state index is 0.0242. The van der Waals surface area contributed by atoms with Crippen LogP contribution in [0.4, 0.5) is 10.5 Å². The standard InChI is InChI=1S/C25H27N5O3/c31-24(28-16-22-8-1-2-12-27-22)20-7-3-9-21(14-20)29-25(32)30(18-23-10-5-13-33-23)17-19-6-4-11-26-15-19/h1-4,6-9,11-12,14-15,23H,5,10,13,16-18H2,(H,28,31)(H,29,32). The minimum atomic E-state index is -0.250. The SMILES string of the molecule is O=C(NCc1ccccn1)c1cccc(NC(=O)N(Cc2cccnc2)CC2CCCO2)c1. The molecule has 2 N–H and O–H groups in total. The van der Waals surface area contributed by atoms with E-state index in [1.54, 1.807) is 47.8 Å². The van der Waals surface area contributed by atoms with Gasteiger partial charge in [-0.15, -0.1) is 0 Å². The van der Waals surface area contributed by atoms with E-state index in [0.717, 1.165) is 30.7 Å². The van der Waals surface area contributed by atoms with Gasteiger partial charge in [-0.1, -0.05) is 18.2 Å². The number of benzene rings is 1. The average molecular weight is 446 g/mol. The third-order valence-corrected chi connectivity index (χ3v) is 5.36. The third-order valence-electron chi connectivity index (χ3n) is 5.36. The highest BCUT2D eigenvalue weighted by Crippen LogP contribution is 2.17. The van der Waals surface area contributed by atoms with Gasteiger partial charge >= 0.3 is 6.03 Å². The quantitative estimate of drug-likeness (QED) is 0.552. The number of carbonyl (C=O) groups is 2. The van der Waals surface area contributed by atoms with E-state index in [1.807, 2.05) is 30.3 Å². The molecule has 8 nitrogen and oxygen atoms in total. The van der Waals surface area contributed by atoms with Gasteiger partial charge in [0.05, 0.1) is 18.3 Å². The van der Waals surface area contributed by atoms with Crippen molar-refractivity contribution in [3.05, 3.63) is 90.0 Å². The molecule has 1 fully saturated rings. The van der Waals surface area contributed by atoms with Crippen LogP contribution in [0.25, 0.3) is 0 Å². The number of hydrogen-bond donors (Lipinski definition) is 2. The predicted molar refractivity (Wildman–Crippen MR) is 124 cm³/mol. The maximum atomic E-state index is 13.1. The zero-order valence-electron chi connectivity index (χ0n) is 18.3. The Hall–Kier alpha value is -3.78. The number of nitrogens with zero attached hydrogens (tertiary/aromatic N) is 3. The van der Waals surface area contributed by atoms with Crippen LogP contribution in [-0.4, -0.2) is 46.1 Å². The van der Waals surface area contributed by atoms with Crippen LogP contribution in [0, 0.1) is 0 Å². The summed E-state index contributed by atoms with van der Waals surface area (Å²) >= 11 is 0.